The highest BCUT2D eigenvalue weighted by Gasteiger charge is 1.80. The van der Waals surface area contributed by atoms with Crippen LogP contribution in [0.5, 0.6) is 0 Å². The SMILES string of the molecule is O=C/C(I)=N/O. The molecule has 0 radical (unpaired) electrons. The molecule has 0 unspecified atom stereocenters. The number of hydrogen-bond acceptors (Lipinski definition) is 3. The van der Waals surface area contributed by atoms with Gasteiger partial charge < -0.3 is 5.21 Å². The Morgan fingerprint density at radius 2 is 2.50 bits per heavy atom. The fraction of sp³-hybridized carbons (Fsp3) is 0. The van der Waals surface area contributed by atoms with Crippen LogP contribution in [0.15, 0.2) is 5.16 Å². The van der Waals surface area contributed by atoms with Gasteiger partial charge in [-0.15, -0.1) is 0 Å². The molecular formula is C2H2INO2. The third-order valence-corrected chi connectivity index (χ3v) is 0.663. The summed E-state index contributed by atoms with van der Waals surface area (Å²) in [5, 5.41) is 10.2. The van der Waals surface area contributed by atoms with E-state index in [1.54, 1.807) is 22.6 Å². The van der Waals surface area contributed by atoms with E-state index in [0.717, 1.165) is 0 Å². The van der Waals surface area contributed by atoms with Gasteiger partial charge in [0.2, 0.25) is 0 Å². The predicted molar refractivity (Wildman–Crippen MR) is 29.3 cm³/mol. The van der Waals surface area contributed by atoms with Crippen molar-refractivity contribution < 1.29 is 10.0 Å². The summed E-state index contributed by atoms with van der Waals surface area (Å²) in [5.74, 6) is 0. The van der Waals surface area contributed by atoms with Crippen molar-refractivity contribution in [2.45, 2.75) is 0 Å². The molecule has 0 bridgehead atoms. The second-order valence-electron chi connectivity index (χ2n) is 0.541. The standard InChI is InChI=1S/C2H2INO2/c3-2(1-5)4-6/h1,6H/b4-2-. The van der Waals surface area contributed by atoms with Gasteiger partial charge in [-0.1, -0.05) is 5.16 Å². The Hall–Kier alpha value is -0.130. The van der Waals surface area contributed by atoms with Crippen molar-refractivity contribution in [1.82, 2.24) is 0 Å². The molecule has 3 nitrogen and oxygen atoms in total. The molecule has 1 N–H and O–H groups in total. The van der Waals surface area contributed by atoms with Gasteiger partial charge in [0.25, 0.3) is 0 Å². The van der Waals surface area contributed by atoms with E-state index in [-0.39, 0.29) is 3.72 Å². The number of halogens is 1. The first-order valence-corrected chi connectivity index (χ1v) is 2.22. The lowest BCUT2D eigenvalue weighted by molar-refractivity contribution is -0.102. The summed E-state index contributed by atoms with van der Waals surface area (Å²) in [6.07, 6.45) is 0.459. The van der Waals surface area contributed by atoms with Gasteiger partial charge in [-0.3, -0.25) is 4.79 Å². The molecule has 0 rings (SSSR count). The monoisotopic (exact) mass is 199 g/mol. The number of rotatable bonds is 1. The van der Waals surface area contributed by atoms with Gasteiger partial charge in [-0.05, 0) is 22.6 Å². The Morgan fingerprint density at radius 1 is 2.00 bits per heavy atom. The van der Waals surface area contributed by atoms with Crippen LogP contribution in [-0.2, 0) is 4.79 Å². The van der Waals surface area contributed by atoms with Crippen molar-refractivity contribution in [3.63, 3.8) is 0 Å². The zero-order valence-corrected chi connectivity index (χ0v) is 4.92. The van der Waals surface area contributed by atoms with Crippen molar-refractivity contribution in [2.75, 3.05) is 0 Å². The highest BCUT2D eigenvalue weighted by Crippen LogP contribution is 1.80. The predicted octanol–water partition coefficient (Wildman–Crippen LogP) is 0.408. The number of carbonyl (C=O) groups excluding carboxylic acids is 1. The van der Waals surface area contributed by atoms with Crippen LogP contribution < -0.4 is 0 Å². The molecule has 6 heavy (non-hydrogen) atoms. The van der Waals surface area contributed by atoms with Crippen LogP contribution in [0.3, 0.4) is 0 Å². The fourth-order valence-electron chi connectivity index (χ4n) is 0.0236. The lowest BCUT2D eigenvalue weighted by Gasteiger charge is -1.69. The molecule has 34 valence electrons. The summed E-state index contributed by atoms with van der Waals surface area (Å²) in [6.45, 7) is 0. The summed E-state index contributed by atoms with van der Waals surface area (Å²) in [6, 6.07) is 0. The van der Waals surface area contributed by atoms with Crippen LogP contribution in [0.1, 0.15) is 0 Å². The average molecular weight is 199 g/mol. The fourth-order valence-corrected chi connectivity index (χ4v) is 0.0236. The van der Waals surface area contributed by atoms with E-state index in [9.17, 15) is 4.79 Å². The maximum Gasteiger partial charge on any atom is 0.179 e. The molecule has 0 aromatic carbocycles. The van der Waals surface area contributed by atoms with Gasteiger partial charge in [0.1, 0.15) is 0 Å². The Bertz CT molecular complexity index is 79.6. The molecule has 0 aliphatic carbocycles. The molecule has 0 aliphatic rings. The Morgan fingerprint density at radius 3 is 2.50 bits per heavy atom. The zero-order valence-electron chi connectivity index (χ0n) is 2.76. The second-order valence-corrected chi connectivity index (χ2v) is 1.65. The molecule has 0 atom stereocenters. The molecule has 0 saturated carbocycles. The topological polar surface area (TPSA) is 49.7 Å². The van der Waals surface area contributed by atoms with Gasteiger partial charge in [-0.2, -0.15) is 0 Å². The lowest BCUT2D eigenvalue weighted by Crippen LogP contribution is -1.82. The first-order valence-electron chi connectivity index (χ1n) is 1.14. The summed E-state index contributed by atoms with van der Waals surface area (Å²) < 4.78 is 0.0626. The Kier molecular flexibility index (Phi) is 3.01. The first kappa shape index (κ1) is 5.87. The van der Waals surface area contributed by atoms with Crippen molar-refractivity contribution in [3.8, 4) is 0 Å². The van der Waals surface area contributed by atoms with Crippen molar-refractivity contribution in [3.05, 3.63) is 0 Å². The van der Waals surface area contributed by atoms with E-state index in [0.29, 0.717) is 6.29 Å². The molecule has 0 aromatic heterocycles. The second kappa shape index (κ2) is 3.08. The number of oxime groups is 1. The molecule has 0 saturated heterocycles. The number of carbonyl (C=O) groups is 1. The van der Waals surface area contributed by atoms with Gasteiger partial charge >= 0.3 is 0 Å². The van der Waals surface area contributed by atoms with Crippen LogP contribution in [0, 0.1) is 0 Å². The molecule has 0 aromatic rings. The van der Waals surface area contributed by atoms with E-state index >= 15 is 0 Å². The van der Waals surface area contributed by atoms with Gasteiger partial charge in [0.05, 0.1) is 0 Å². The van der Waals surface area contributed by atoms with Crippen LogP contribution in [0.25, 0.3) is 0 Å². The molecule has 0 spiro atoms. The van der Waals surface area contributed by atoms with Gasteiger partial charge in [0.15, 0.2) is 10.0 Å². The lowest BCUT2D eigenvalue weighted by atomic mass is 10.9. The zero-order chi connectivity index (χ0) is 4.99. The molecule has 0 fully saturated rings. The third-order valence-electron chi connectivity index (χ3n) is 0.193. The Balaban J connectivity index is 3.50. The van der Waals surface area contributed by atoms with Crippen molar-refractivity contribution in [2.24, 2.45) is 5.16 Å². The first-order chi connectivity index (χ1) is 2.81. The van der Waals surface area contributed by atoms with E-state index < -0.39 is 0 Å². The molecule has 4 heteroatoms. The Labute approximate surface area is 48.2 Å². The molecular weight excluding hydrogens is 197 g/mol. The van der Waals surface area contributed by atoms with Gasteiger partial charge in [-0.25, -0.2) is 0 Å². The van der Waals surface area contributed by atoms with E-state index in [1.807, 2.05) is 0 Å². The van der Waals surface area contributed by atoms with Crippen LogP contribution >= 0.6 is 22.6 Å². The van der Waals surface area contributed by atoms with Crippen molar-refractivity contribution in [1.29, 1.82) is 0 Å². The largest absolute Gasteiger partial charge is 0.410 e. The number of aldehydes is 1. The van der Waals surface area contributed by atoms with Crippen LogP contribution in [0.2, 0.25) is 0 Å². The highest BCUT2D eigenvalue weighted by atomic mass is 127. The minimum Gasteiger partial charge on any atom is -0.410 e. The minimum atomic E-state index is 0.0626. The summed E-state index contributed by atoms with van der Waals surface area (Å²) in [4.78, 5) is 9.44. The minimum absolute atomic E-state index is 0.0626. The summed E-state index contributed by atoms with van der Waals surface area (Å²) in [5.41, 5.74) is 0. The van der Waals surface area contributed by atoms with Crippen LogP contribution in [0.4, 0.5) is 0 Å². The number of hydrogen-bond donors (Lipinski definition) is 1. The summed E-state index contributed by atoms with van der Waals surface area (Å²) in [7, 11) is 0. The van der Waals surface area contributed by atoms with Gasteiger partial charge in [0, 0.05) is 0 Å². The average Bonchev–Trinajstić information content (AvgIpc) is 1.65. The smallest absolute Gasteiger partial charge is 0.179 e. The molecule has 0 amide bonds. The van der Waals surface area contributed by atoms with E-state index in [4.69, 9.17) is 5.21 Å². The van der Waals surface area contributed by atoms with Crippen molar-refractivity contribution >= 4 is 32.6 Å². The molecule has 0 aliphatic heterocycles. The maximum absolute atomic E-state index is 9.44. The maximum atomic E-state index is 9.44. The quantitative estimate of drug-likeness (QED) is 0.218. The summed E-state index contributed by atoms with van der Waals surface area (Å²) >= 11 is 1.60. The number of nitrogens with zero attached hydrogens (tertiary/aromatic N) is 1. The highest BCUT2D eigenvalue weighted by molar-refractivity contribution is 14.1. The van der Waals surface area contributed by atoms with E-state index in [2.05, 4.69) is 5.16 Å². The normalized spacial score (nSPS) is 11.2. The van der Waals surface area contributed by atoms with E-state index in [1.165, 1.54) is 0 Å². The molecule has 0 heterocycles. The van der Waals surface area contributed by atoms with Crippen LogP contribution in [-0.4, -0.2) is 15.2 Å². The third kappa shape index (κ3) is 2.13.